The quantitative estimate of drug-likeness (QED) is 0.477. The Hall–Kier alpha value is -2.48. The van der Waals surface area contributed by atoms with Gasteiger partial charge in [-0.15, -0.1) is 11.3 Å². The van der Waals surface area contributed by atoms with Crippen LogP contribution in [0.2, 0.25) is 5.02 Å². The Bertz CT molecular complexity index is 992. The van der Waals surface area contributed by atoms with Gasteiger partial charge in [0.2, 0.25) is 5.91 Å². The summed E-state index contributed by atoms with van der Waals surface area (Å²) in [7, 11) is 3.94. The third kappa shape index (κ3) is 6.03. The monoisotopic (exact) mass is 460 g/mol. The number of carbonyl (C=O) groups is 1. The number of hydrogen-bond donors (Lipinski definition) is 1. The lowest BCUT2D eigenvalue weighted by Crippen LogP contribution is -2.46. The molecule has 2 aromatic carbocycles. The second-order valence-corrected chi connectivity index (χ2v) is 8.66. The van der Waals surface area contributed by atoms with Crippen LogP contribution in [0.3, 0.4) is 0 Å². The maximum absolute atomic E-state index is 13.3. The van der Waals surface area contributed by atoms with Crippen LogP contribution in [0.4, 0.5) is 15.2 Å². The van der Waals surface area contributed by atoms with Gasteiger partial charge in [-0.2, -0.15) is 0 Å². The topological polar surface area (TPSA) is 48.5 Å². The smallest absolute Gasteiger partial charge is 0.243 e. The molecule has 0 fully saturated rings. The fourth-order valence-electron chi connectivity index (χ4n) is 3.16. The van der Waals surface area contributed by atoms with Crippen LogP contribution >= 0.6 is 22.9 Å². The summed E-state index contributed by atoms with van der Waals surface area (Å²) in [5.74, 6) is -0.347. The molecule has 31 heavy (non-hydrogen) atoms. The normalized spacial score (nSPS) is 12.1. The molecule has 8 heteroatoms. The van der Waals surface area contributed by atoms with Crippen LogP contribution in [0.25, 0.3) is 11.3 Å². The van der Waals surface area contributed by atoms with Crippen LogP contribution in [0.15, 0.2) is 53.9 Å². The van der Waals surface area contributed by atoms with Gasteiger partial charge in [-0.1, -0.05) is 18.5 Å². The van der Waals surface area contributed by atoms with E-state index in [1.807, 2.05) is 48.3 Å². The molecule has 1 atom stereocenters. The summed E-state index contributed by atoms with van der Waals surface area (Å²) in [6.07, 6.45) is 0.599. The van der Waals surface area contributed by atoms with Gasteiger partial charge < -0.3 is 15.1 Å². The van der Waals surface area contributed by atoms with Crippen LogP contribution in [-0.4, -0.2) is 49.0 Å². The summed E-state index contributed by atoms with van der Waals surface area (Å²) < 4.78 is 13.3. The van der Waals surface area contributed by atoms with Gasteiger partial charge in [-0.25, -0.2) is 9.37 Å². The number of amides is 1. The van der Waals surface area contributed by atoms with Gasteiger partial charge in [-0.3, -0.25) is 4.79 Å². The molecule has 5 nitrogen and oxygen atoms in total. The molecule has 0 spiro atoms. The molecule has 0 radical (unpaired) electrons. The van der Waals surface area contributed by atoms with Gasteiger partial charge in [0.25, 0.3) is 0 Å². The first-order chi connectivity index (χ1) is 14.9. The van der Waals surface area contributed by atoms with Crippen LogP contribution in [-0.2, 0) is 4.79 Å². The van der Waals surface area contributed by atoms with E-state index >= 15 is 0 Å². The minimum Gasteiger partial charge on any atom is -0.353 e. The SMILES string of the molecule is CCC(C(=O)NCCN(C)C)N(c1ccc(Cl)cc1)c1nc(-c2ccc(F)cc2)cs1. The third-order valence-electron chi connectivity index (χ3n) is 4.80. The van der Waals surface area contributed by atoms with Crippen molar-refractivity contribution in [2.75, 3.05) is 32.1 Å². The second-order valence-electron chi connectivity index (χ2n) is 7.39. The minimum absolute atomic E-state index is 0.0576. The first-order valence-electron chi connectivity index (χ1n) is 10.1. The highest BCUT2D eigenvalue weighted by atomic mass is 35.5. The van der Waals surface area contributed by atoms with Crippen molar-refractivity contribution in [2.24, 2.45) is 0 Å². The van der Waals surface area contributed by atoms with Gasteiger partial charge in [-0.05, 0) is 69.0 Å². The zero-order chi connectivity index (χ0) is 22.4. The van der Waals surface area contributed by atoms with E-state index < -0.39 is 6.04 Å². The van der Waals surface area contributed by atoms with Crippen LogP contribution < -0.4 is 10.2 Å². The standard InChI is InChI=1S/C23H26ClFN4OS/c1-4-21(22(30)26-13-14-28(2)3)29(19-11-7-17(24)8-12-19)23-27-20(15-31-23)16-5-9-18(25)10-6-16/h5-12,15,21H,4,13-14H2,1-3H3,(H,26,30). The Kier molecular flexibility index (Phi) is 8.01. The number of benzene rings is 2. The van der Waals surface area contributed by atoms with Gasteiger partial charge >= 0.3 is 0 Å². The molecule has 0 aliphatic rings. The number of hydrogen-bond acceptors (Lipinski definition) is 5. The van der Waals surface area contributed by atoms with Crippen LogP contribution in [0.5, 0.6) is 0 Å². The zero-order valence-electron chi connectivity index (χ0n) is 17.8. The molecule has 3 aromatic rings. The van der Waals surface area contributed by atoms with E-state index in [2.05, 4.69) is 5.32 Å². The Morgan fingerprint density at radius 3 is 2.45 bits per heavy atom. The van der Waals surface area contributed by atoms with E-state index in [4.69, 9.17) is 16.6 Å². The maximum Gasteiger partial charge on any atom is 0.243 e. The molecular formula is C23H26ClFN4OS. The lowest BCUT2D eigenvalue weighted by molar-refractivity contribution is -0.122. The Morgan fingerprint density at radius 1 is 1.16 bits per heavy atom. The van der Waals surface area contributed by atoms with E-state index in [9.17, 15) is 9.18 Å². The lowest BCUT2D eigenvalue weighted by Gasteiger charge is -2.30. The van der Waals surface area contributed by atoms with Crippen molar-refractivity contribution in [3.63, 3.8) is 0 Å². The molecular weight excluding hydrogens is 435 g/mol. The number of aromatic nitrogens is 1. The van der Waals surface area contributed by atoms with E-state index in [1.54, 1.807) is 24.3 Å². The molecule has 0 aliphatic heterocycles. The first-order valence-corrected chi connectivity index (χ1v) is 11.3. The molecule has 0 bridgehead atoms. The second kappa shape index (κ2) is 10.7. The summed E-state index contributed by atoms with van der Waals surface area (Å²) >= 11 is 7.53. The van der Waals surface area contributed by atoms with Crippen molar-refractivity contribution in [1.82, 2.24) is 15.2 Å². The fraction of sp³-hybridized carbons (Fsp3) is 0.304. The highest BCUT2D eigenvalue weighted by molar-refractivity contribution is 7.14. The van der Waals surface area contributed by atoms with Crippen LogP contribution in [0.1, 0.15) is 13.3 Å². The number of nitrogens with one attached hydrogen (secondary N) is 1. The van der Waals surface area contributed by atoms with Crippen molar-refractivity contribution >= 4 is 39.7 Å². The van der Waals surface area contributed by atoms with Crippen molar-refractivity contribution in [3.05, 3.63) is 64.8 Å². The van der Waals surface area contributed by atoms with Crippen molar-refractivity contribution in [2.45, 2.75) is 19.4 Å². The van der Waals surface area contributed by atoms with E-state index in [1.165, 1.54) is 23.5 Å². The van der Waals surface area contributed by atoms with Crippen molar-refractivity contribution < 1.29 is 9.18 Å². The minimum atomic E-state index is -0.435. The summed E-state index contributed by atoms with van der Waals surface area (Å²) in [6.45, 7) is 3.30. The largest absolute Gasteiger partial charge is 0.353 e. The zero-order valence-corrected chi connectivity index (χ0v) is 19.4. The summed E-state index contributed by atoms with van der Waals surface area (Å²) in [4.78, 5) is 21.8. The highest BCUT2D eigenvalue weighted by Gasteiger charge is 2.28. The van der Waals surface area contributed by atoms with Gasteiger partial charge in [0, 0.05) is 34.7 Å². The summed E-state index contributed by atoms with van der Waals surface area (Å²) in [5, 5.41) is 6.26. The number of nitrogens with zero attached hydrogens (tertiary/aromatic N) is 3. The molecule has 1 amide bonds. The van der Waals surface area contributed by atoms with Crippen molar-refractivity contribution in [3.8, 4) is 11.3 Å². The Balaban J connectivity index is 1.93. The lowest BCUT2D eigenvalue weighted by atomic mass is 10.1. The van der Waals surface area contributed by atoms with E-state index in [-0.39, 0.29) is 11.7 Å². The van der Waals surface area contributed by atoms with Gasteiger partial charge in [0.1, 0.15) is 11.9 Å². The molecule has 1 unspecified atom stereocenters. The maximum atomic E-state index is 13.3. The molecule has 1 N–H and O–H groups in total. The predicted molar refractivity (Wildman–Crippen MR) is 127 cm³/mol. The number of halogens is 2. The summed E-state index contributed by atoms with van der Waals surface area (Å²) in [5.41, 5.74) is 2.39. The number of thiazole rings is 1. The number of anilines is 2. The molecule has 1 aromatic heterocycles. The highest BCUT2D eigenvalue weighted by Crippen LogP contribution is 2.35. The third-order valence-corrected chi connectivity index (χ3v) is 5.89. The number of carbonyl (C=O) groups excluding carboxylic acids is 1. The van der Waals surface area contributed by atoms with Gasteiger partial charge in [0.15, 0.2) is 5.13 Å². The van der Waals surface area contributed by atoms with Crippen LogP contribution in [0, 0.1) is 5.82 Å². The first kappa shape index (κ1) is 23.2. The molecule has 0 aliphatic carbocycles. The van der Waals surface area contributed by atoms with Gasteiger partial charge in [0.05, 0.1) is 5.69 Å². The average Bonchev–Trinajstić information content (AvgIpc) is 3.22. The molecule has 0 saturated carbocycles. The van der Waals surface area contributed by atoms with Crippen molar-refractivity contribution in [1.29, 1.82) is 0 Å². The molecule has 164 valence electrons. The molecule has 1 heterocycles. The number of likely N-dealkylation sites (N-methyl/N-ethyl adjacent to an activating group) is 1. The summed E-state index contributed by atoms with van der Waals surface area (Å²) in [6, 6.07) is 13.2. The molecule has 3 rings (SSSR count). The predicted octanol–water partition coefficient (Wildman–Crippen LogP) is 5.20. The average molecular weight is 461 g/mol. The Labute approximate surface area is 191 Å². The number of rotatable bonds is 9. The fourth-order valence-corrected chi connectivity index (χ4v) is 4.19. The van der Waals surface area contributed by atoms with E-state index in [0.717, 1.165) is 23.5 Å². The van der Waals surface area contributed by atoms with E-state index in [0.29, 0.717) is 23.1 Å². The Morgan fingerprint density at radius 2 is 1.84 bits per heavy atom. The molecule has 0 saturated heterocycles.